The molecule has 9 nitrogen and oxygen atoms in total. The highest BCUT2D eigenvalue weighted by Gasteiger charge is 2.30. The molecule has 2 aromatic rings. The van der Waals surface area contributed by atoms with Crippen LogP contribution in [-0.2, 0) is 4.74 Å². The molecule has 0 spiro atoms. The van der Waals surface area contributed by atoms with Gasteiger partial charge in [0, 0.05) is 24.2 Å². The highest BCUT2D eigenvalue weighted by Crippen LogP contribution is 2.36. The van der Waals surface area contributed by atoms with Crippen molar-refractivity contribution in [1.82, 2.24) is 4.90 Å². The zero-order valence-corrected chi connectivity index (χ0v) is 19.9. The maximum atomic E-state index is 12.9. The molecule has 0 aliphatic rings. The monoisotopic (exact) mass is 481 g/mol. The van der Waals surface area contributed by atoms with Crippen LogP contribution in [0, 0.1) is 17.0 Å². The first-order valence-electron chi connectivity index (χ1n) is 9.90. The van der Waals surface area contributed by atoms with Crippen molar-refractivity contribution in [3.63, 3.8) is 0 Å². The number of hydrogen-bond donors (Lipinski definition) is 1. The Hall–Kier alpha value is -2.98. The summed E-state index contributed by atoms with van der Waals surface area (Å²) in [4.78, 5) is 51.1. The molecule has 0 radical (unpaired) electrons. The number of hydrogen-bond acceptors (Lipinski definition) is 7. The number of esters is 1. The summed E-state index contributed by atoms with van der Waals surface area (Å²) < 4.78 is 5.29. The quantitative estimate of drug-likeness (QED) is 0.325. The molecule has 2 rings (SSSR count). The molecule has 1 aromatic carbocycles. The van der Waals surface area contributed by atoms with Crippen LogP contribution >= 0.6 is 22.9 Å². The standard InChI is InChI=1S/C21H24ClN3O6S/c1-6-24(7-2)20(27)17-12(5)16(21(28)31-11(3)4)19(32-17)23-18(26)14-10-13(22)8-9-15(14)25(29)30/h8-11H,6-7H2,1-5H3,(H,23,26). The van der Waals surface area contributed by atoms with Crippen LogP contribution in [0.4, 0.5) is 10.7 Å². The Labute approximate surface area is 194 Å². The van der Waals surface area contributed by atoms with Crippen molar-refractivity contribution in [2.75, 3.05) is 18.4 Å². The number of ether oxygens (including phenoxy) is 1. The molecule has 0 aliphatic carbocycles. The fraction of sp³-hybridized carbons (Fsp3) is 0.381. The fourth-order valence-corrected chi connectivity index (χ4v) is 4.33. The Morgan fingerprint density at radius 2 is 1.88 bits per heavy atom. The number of nitrogens with zero attached hydrogens (tertiary/aromatic N) is 2. The number of nitro benzene ring substituents is 1. The lowest BCUT2D eigenvalue weighted by Crippen LogP contribution is -2.30. The second-order valence-corrected chi connectivity index (χ2v) is 8.52. The largest absolute Gasteiger partial charge is 0.459 e. The molecular formula is C21H24ClN3O6S. The first-order valence-corrected chi connectivity index (χ1v) is 11.1. The average Bonchev–Trinajstić information content (AvgIpc) is 3.03. The van der Waals surface area contributed by atoms with Gasteiger partial charge < -0.3 is 15.0 Å². The Morgan fingerprint density at radius 3 is 2.41 bits per heavy atom. The van der Waals surface area contributed by atoms with Gasteiger partial charge in [-0.3, -0.25) is 19.7 Å². The number of rotatable bonds is 8. The summed E-state index contributed by atoms with van der Waals surface area (Å²) in [6.45, 7) is 9.55. The minimum absolute atomic E-state index is 0.0391. The number of halogens is 1. The number of nitrogens with one attached hydrogen (secondary N) is 1. The number of amides is 2. The van der Waals surface area contributed by atoms with E-state index in [0.29, 0.717) is 18.7 Å². The predicted octanol–water partition coefficient (Wildman–Crippen LogP) is 4.92. The molecule has 0 saturated heterocycles. The van der Waals surface area contributed by atoms with Crippen LogP contribution in [0.3, 0.4) is 0 Å². The van der Waals surface area contributed by atoms with E-state index in [-0.39, 0.29) is 31.9 Å². The normalized spacial score (nSPS) is 10.7. The topological polar surface area (TPSA) is 119 Å². The van der Waals surface area contributed by atoms with E-state index >= 15 is 0 Å². The Kier molecular flexibility index (Phi) is 8.34. The van der Waals surface area contributed by atoms with E-state index < -0.39 is 28.6 Å². The molecule has 0 saturated carbocycles. The van der Waals surface area contributed by atoms with Crippen molar-refractivity contribution in [3.05, 3.63) is 54.9 Å². The second kappa shape index (κ2) is 10.6. The number of anilines is 1. The molecule has 32 heavy (non-hydrogen) atoms. The van der Waals surface area contributed by atoms with Gasteiger partial charge in [0.2, 0.25) is 0 Å². The van der Waals surface area contributed by atoms with Crippen LogP contribution in [0.1, 0.15) is 63.6 Å². The second-order valence-electron chi connectivity index (χ2n) is 7.06. The number of nitro groups is 1. The van der Waals surface area contributed by atoms with Gasteiger partial charge in [0.05, 0.1) is 21.5 Å². The van der Waals surface area contributed by atoms with Crippen LogP contribution < -0.4 is 5.32 Å². The van der Waals surface area contributed by atoms with Crippen LogP contribution in [0.2, 0.25) is 5.02 Å². The van der Waals surface area contributed by atoms with E-state index in [4.69, 9.17) is 16.3 Å². The number of thiophene rings is 1. The Morgan fingerprint density at radius 1 is 1.25 bits per heavy atom. The maximum Gasteiger partial charge on any atom is 0.341 e. The van der Waals surface area contributed by atoms with E-state index in [1.165, 1.54) is 12.1 Å². The van der Waals surface area contributed by atoms with Gasteiger partial charge >= 0.3 is 5.97 Å². The summed E-state index contributed by atoms with van der Waals surface area (Å²) in [5.41, 5.74) is -0.301. The number of carbonyl (C=O) groups is 3. The Bertz CT molecular complexity index is 1060. The maximum absolute atomic E-state index is 12.9. The molecule has 1 aromatic heterocycles. The third kappa shape index (κ3) is 5.43. The van der Waals surface area contributed by atoms with Gasteiger partial charge in [-0.05, 0) is 52.3 Å². The highest BCUT2D eigenvalue weighted by atomic mass is 35.5. The third-order valence-corrected chi connectivity index (χ3v) is 6.00. The van der Waals surface area contributed by atoms with Gasteiger partial charge in [0.25, 0.3) is 17.5 Å². The van der Waals surface area contributed by atoms with Crippen molar-refractivity contribution in [2.24, 2.45) is 0 Å². The van der Waals surface area contributed by atoms with E-state index in [9.17, 15) is 24.5 Å². The lowest BCUT2D eigenvalue weighted by molar-refractivity contribution is -0.385. The first kappa shape index (κ1) is 25.3. The molecular weight excluding hydrogens is 458 g/mol. The van der Waals surface area contributed by atoms with Crippen molar-refractivity contribution in [2.45, 2.75) is 40.7 Å². The van der Waals surface area contributed by atoms with E-state index in [1.807, 2.05) is 13.8 Å². The molecule has 1 heterocycles. The molecule has 0 bridgehead atoms. The van der Waals surface area contributed by atoms with Gasteiger partial charge in [-0.25, -0.2) is 4.79 Å². The summed E-state index contributed by atoms with van der Waals surface area (Å²) in [6, 6.07) is 3.60. The minimum Gasteiger partial charge on any atom is -0.459 e. The predicted molar refractivity (Wildman–Crippen MR) is 123 cm³/mol. The fourth-order valence-electron chi connectivity index (χ4n) is 3.00. The summed E-state index contributed by atoms with van der Waals surface area (Å²) in [7, 11) is 0. The highest BCUT2D eigenvalue weighted by molar-refractivity contribution is 7.18. The van der Waals surface area contributed by atoms with E-state index in [2.05, 4.69) is 5.32 Å². The summed E-state index contributed by atoms with van der Waals surface area (Å²) in [5, 5.41) is 14.1. The van der Waals surface area contributed by atoms with Crippen LogP contribution in [0.5, 0.6) is 0 Å². The smallest absolute Gasteiger partial charge is 0.341 e. The molecule has 0 unspecified atom stereocenters. The average molecular weight is 482 g/mol. The zero-order chi connectivity index (χ0) is 24.2. The van der Waals surface area contributed by atoms with Gasteiger partial charge in [-0.15, -0.1) is 11.3 Å². The van der Waals surface area contributed by atoms with Crippen LogP contribution in [0.15, 0.2) is 18.2 Å². The van der Waals surface area contributed by atoms with Crippen molar-refractivity contribution in [1.29, 1.82) is 0 Å². The number of benzene rings is 1. The third-order valence-electron chi connectivity index (χ3n) is 4.57. The van der Waals surface area contributed by atoms with Crippen molar-refractivity contribution < 1.29 is 24.0 Å². The molecule has 172 valence electrons. The lowest BCUT2D eigenvalue weighted by Gasteiger charge is -2.18. The van der Waals surface area contributed by atoms with Gasteiger partial charge in [-0.2, -0.15) is 0 Å². The van der Waals surface area contributed by atoms with E-state index in [1.54, 1.807) is 25.7 Å². The SMILES string of the molecule is CCN(CC)C(=O)c1sc(NC(=O)c2cc(Cl)ccc2[N+](=O)[O-])c(C(=O)OC(C)C)c1C. The van der Waals surface area contributed by atoms with Gasteiger partial charge in [0.15, 0.2) is 0 Å². The Balaban J connectivity index is 2.57. The van der Waals surface area contributed by atoms with Gasteiger partial charge in [-0.1, -0.05) is 11.6 Å². The minimum atomic E-state index is -0.833. The molecule has 11 heteroatoms. The van der Waals surface area contributed by atoms with E-state index in [0.717, 1.165) is 17.4 Å². The lowest BCUT2D eigenvalue weighted by atomic mass is 10.1. The first-order chi connectivity index (χ1) is 15.0. The van der Waals surface area contributed by atoms with Crippen molar-refractivity contribution >= 4 is 51.4 Å². The molecule has 0 atom stereocenters. The van der Waals surface area contributed by atoms with Crippen LogP contribution in [-0.4, -0.2) is 46.8 Å². The summed E-state index contributed by atoms with van der Waals surface area (Å²) in [6.07, 6.45) is -0.429. The van der Waals surface area contributed by atoms with Gasteiger partial charge in [0.1, 0.15) is 10.6 Å². The van der Waals surface area contributed by atoms with Crippen molar-refractivity contribution in [3.8, 4) is 0 Å². The molecule has 1 N–H and O–H groups in total. The summed E-state index contributed by atoms with van der Waals surface area (Å²) in [5.74, 6) is -1.82. The summed E-state index contributed by atoms with van der Waals surface area (Å²) >= 11 is 6.84. The number of carbonyl (C=O) groups excluding carboxylic acids is 3. The zero-order valence-electron chi connectivity index (χ0n) is 18.4. The molecule has 0 aliphatic heterocycles. The molecule has 2 amide bonds. The molecule has 0 fully saturated rings. The van der Waals surface area contributed by atoms with Crippen LogP contribution in [0.25, 0.3) is 0 Å².